The van der Waals surface area contributed by atoms with Gasteiger partial charge in [0, 0.05) is 17.8 Å². The molecule has 0 saturated carbocycles. The fourth-order valence-corrected chi connectivity index (χ4v) is 1.65. The molecule has 108 valence electrons. The third-order valence-corrected chi connectivity index (χ3v) is 2.71. The molecule has 7 heteroatoms. The summed E-state index contributed by atoms with van der Waals surface area (Å²) >= 11 is 0. The molecule has 0 aliphatic rings. The molecular weight excluding hydrogens is 276 g/mol. The smallest absolute Gasteiger partial charge is 0.314 e. The van der Waals surface area contributed by atoms with Crippen LogP contribution in [0.1, 0.15) is 17.3 Å². The van der Waals surface area contributed by atoms with Gasteiger partial charge in [-0.1, -0.05) is 0 Å². The van der Waals surface area contributed by atoms with Gasteiger partial charge in [-0.05, 0) is 25.1 Å². The van der Waals surface area contributed by atoms with Crippen LogP contribution in [-0.2, 0) is 0 Å². The van der Waals surface area contributed by atoms with E-state index in [0.29, 0.717) is 5.56 Å². The van der Waals surface area contributed by atoms with Gasteiger partial charge in [-0.3, -0.25) is 14.9 Å². The number of pyridine rings is 1. The Balaban J connectivity index is 2.25. The van der Waals surface area contributed by atoms with Crippen LogP contribution < -0.4 is 9.47 Å². The second-order valence-corrected chi connectivity index (χ2v) is 4.13. The van der Waals surface area contributed by atoms with E-state index < -0.39 is 4.92 Å². The molecule has 0 unspecified atom stereocenters. The summed E-state index contributed by atoms with van der Waals surface area (Å²) in [5, 5.41) is 10.9. The molecule has 0 N–H and O–H groups in total. The Labute approximate surface area is 120 Å². The van der Waals surface area contributed by atoms with Crippen LogP contribution in [0.25, 0.3) is 0 Å². The lowest BCUT2D eigenvalue weighted by Gasteiger charge is -2.06. The summed E-state index contributed by atoms with van der Waals surface area (Å²) in [6.07, 6.45) is 1.38. The van der Waals surface area contributed by atoms with Gasteiger partial charge in [-0.15, -0.1) is 0 Å². The first kappa shape index (κ1) is 14.4. The van der Waals surface area contributed by atoms with Gasteiger partial charge in [0.15, 0.2) is 11.5 Å². The van der Waals surface area contributed by atoms with E-state index in [4.69, 9.17) is 9.47 Å². The second kappa shape index (κ2) is 6.00. The number of carbonyl (C=O) groups excluding carboxylic acids is 1. The number of nitro groups is 1. The largest absolute Gasteiger partial charge is 0.490 e. The van der Waals surface area contributed by atoms with E-state index in [-0.39, 0.29) is 28.8 Å². The van der Waals surface area contributed by atoms with Gasteiger partial charge >= 0.3 is 5.69 Å². The molecule has 0 bridgehead atoms. The van der Waals surface area contributed by atoms with Gasteiger partial charge in [0.25, 0.3) is 0 Å². The normalized spacial score (nSPS) is 10.0. The van der Waals surface area contributed by atoms with E-state index in [2.05, 4.69) is 4.98 Å². The lowest BCUT2D eigenvalue weighted by molar-refractivity contribution is -0.385. The summed E-state index contributed by atoms with van der Waals surface area (Å²) in [5.74, 6) is 0.534. The Morgan fingerprint density at radius 2 is 2.05 bits per heavy atom. The number of Topliss-reactive ketones (excluding diaryl/α,β-unsaturated/α-hetero) is 1. The van der Waals surface area contributed by atoms with Crippen molar-refractivity contribution in [2.45, 2.75) is 6.92 Å². The van der Waals surface area contributed by atoms with Crippen molar-refractivity contribution in [3.63, 3.8) is 0 Å². The Bertz CT molecular complexity index is 682. The first-order chi connectivity index (χ1) is 10.0. The number of benzene rings is 1. The van der Waals surface area contributed by atoms with Crippen molar-refractivity contribution in [1.29, 1.82) is 0 Å². The Kier molecular flexibility index (Phi) is 4.13. The van der Waals surface area contributed by atoms with E-state index in [0.717, 1.165) is 0 Å². The van der Waals surface area contributed by atoms with Crippen LogP contribution in [-0.4, -0.2) is 22.8 Å². The number of carbonyl (C=O) groups is 1. The molecular formula is C14H12N2O5. The fourth-order valence-electron chi connectivity index (χ4n) is 1.65. The van der Waals surface area contributed by atoms with Gasteiger partial charge in [-0.25, -0.2) is 4.98 Å². The van der Waals surface area contributed by atoms with Crippen molar-refractivity contribution in [1.82, 2.24) is 4.98 Å². The molecule has 2 aromatic rings. The minimum atomic E-state index is -0.558. The van der Waals surface area contributed by atoms with Crippen LogP contribution in [0.15, 0.2) is 36.5 Å². The molecule has 7 nitrogen and oxygen atoms in total. The van der Waals surface area contributed by atoms with E-state index in [1.165, 1.54) is 44.5 Å². The Morgan fingerprint density at radius 3 is 2.57 bits per heavy atom. The zero-order valence-electron chi connectivity index (χ0n) is 11.4. The van der Waals surface area contributed by atoms with Crippen LogP contribution in [0.4, 0.5) is 5.69 Å². The highest BCUT2D eigenvalue weighted by Gasteiger charge is 2.16. The molecule has 21 heavy (non-hydrogen) atoms. The topological polar surface area (TPSA) is 91.6 Å². The first-order valence-electron chi connectivity index (χ1n) is 5.98. The van der Waals surface area contributed by atoms with Crippen LogP contribution in [0, 0.1) is 10.1 Å². The minimum absolute atomic E-state index is 0.103. The number of ketones is 1. The van der Waals surface area contributed by atoms with Gasteiger partial charge in [0.1, 0.15) is 5.75 Å². The number of ether oxygens (including phenoxy) is 2. The van der Waals surface area contributed by atoms with E-state index in [9.17, 15) is 14.9 Å². The molecule has 0 saturated heterocycles. The maximum absolute atomic E-state index is 11.1. The van der Waals surface area contributed by atoms with Gasteiger partial charge in [-0.2, -0.15) is 0 Å². The lowest BCUT2D eigenvalue weighted by atomic mass is 10.2. The van der Waals surface area contributed by atoms with E-state index >= 15 is 0 Å². The third-order valence-electron chi connectivity index (χ3n) is 2.71. The average Bonchev–Trinajstić information content (AvgIpc) is 2.47. The Morgan fingerprint density at radius 1 is 1.29 bits per heavy atom. The van der Waals surface area contributed by atoms with Crippen molar-refractivity contribution in [3.05, 3.63) is 52.2 Å². The number of nitrogens with zero attached hydrogens (tertiary/aromatic N) is 2. The summed E-state index contributed by atoms with van der Waals surface area (Å²) in [4.78, 5) is 25.5. The number of methoxy groups -OCH3 is 1. The lowest BCUT2D eigenvalue weighted by Crippen LogP contribution is -1.96. The van der Waals surface area contributed by atoms with Crippen molar-refractivity contribution in [2.24, 2.45) is 0 Å². The van der Waals surface area contributed by atoms with Gasteiger partial charge in [0.05, 0.1) is 18.1 Å². The highest BCUT2D eigenvalue weighted by atomic mass is 16.6. The fraction of sp³-hybridized carbons (Fsp3) is 0.143. The van der Waals surface area contributed by atoms with E-state index in [1.807, 2.05) is 0 Å². The summed E-state index contributed by atoms with van der Waals surface area (Å²) in [7, 11) is 1.35. The first-order valence-corrected chi connectivity index (χ1v) is 5.98. The summed E-state index contributed by atoms with van der Waals surface area (Å²) < 4.78 is 10.3. The molecule has 0 aliphatic carbocycles. The maximum atomic E-state index is 11.1. The predicted octanol–water partition coefficient (Wildman–Crippen LogP) is 2.99. The molecule has 2 rings (SSSR count). The SMILES string of the molecule is COc1ccc(Oc2ccc(C(C)=O)cn2)cc1[N+](=O)[O-]. The summed E-state index contributed by atoms with van der Waals surface area (Å²) in [6.45, 7) is 1.43. The van der Waals surface area contributed by atoms with Crippen LogP contribution >= 0.6 is 0 Å². The molecule has 0 amide bonds. The molecule has 0 fully saturated rings. The van der Waals surface area contributed by atoms with Crippen LogP contribution in [0.5, 0.6) is 17.4 Å². The summed E-state index contributed by atoms with van der Waals surface area (Å²) in [6, 6.07) is 7.32. The number of aromatic nitrogens is 1. The van der Waals surface area contributed by atoms with Crippen LogP contribution in [0.2, 0.25) is 0 Å². The number of rotatable bonds is 5. The van der Waals surface area contributed by atoms with Crippen molar-refractivity contribution in [3.8, 4) is 17.4 Å². The highest BCUT2D eigenvalue weighted by molar-refractivity contribution is 5.93. The second-order valence-electron chi connectivity index (χ2n) is 4.13. The number of hydrogen-bond acceptors (Lipinski definition) is 6. The monoisotopic (exact) mass is 288 g/mol. The molecule has 1 aromatic heterocycles. The van der Waals surface area contributed by atoms with Crippen molar-refractivity contribution < 1.29 is 19.2 Å². The molecule has 0 atom stereocenters. The minimum Gasteiger partial charge on any atom is -0.490 e. The molecule has 1 heterocycles. The average molecular weight is 288 g/mol. The molecule has 0 radical (unpaired) electrons. The zero-order valence-corrected chi connectivity index (χ0v) is 11.4. The summed E-state index contributed by atoms with van der Waals surface area (Å²) in [5.41, 5.74) is 0.262. The molecule has 0 spiro atoms. The zero-order chi connectivity index (χ0) is 15.4. The van der Waals surface area contributed by atoms with Gasteiger partial charge in [0.2, 0.25) is 5.88 Å². The highest BCUT2D eigenvalue weighted by Crippen LogP contribution is 2.32. The standard InChI is InChI=1S/C14H12N2O5/c1-9(17)10-3-6-14(15-8-10)21-11-4-5-13(20-2)12(7-11)16(18)19/h3-8H,1-2H3. The third kappa shape index (κ3) is 3.33. The van der Waals surface area contributed by atoms with Crippen molar-refractivity contribution >= 4 is 11.5 Å². The molecule has 1 aromatic carbocycles. The van der Waals surface area contributed by atoms with Crippen LogP contribution in [0.3, 0.4) is 0 Å². The predicted molar refractivity (Wildman–Crippen MR) is 74.0 cm³/mol. The quantitative estimate of drug-likeness (QED) is 0.477. The molecule has 0 aliphatic heterocycles. The van der Waals surface area contributed by atoms with E-state index in [1.54, 1.807) is 6.07 Å². The van der Waals surface area contributed by atoms with Crippen molar-refractivity contribution in [2.75, 3.05) is 7.11 Å². The maximum Gasteiger partial charge on any atom is 0.314 e. The number of hydrogen-bond donors (Lipinski definition) is 0. The number of nitro benzene ring substituents is 1. The van der Waals surface area contributed by atoms with Gasteiger partial charge < -0.3 is 9.47 Å². The Hall–Kier alpha value is -2.96.